The van der Waals surface area contributed by atoms with E-state index in [4.69, 9.17) is 4.74 Å². The van der Waals surface area contributed by atoms with Gasteiger partial charge in [-0.3, -0.25) is 4.79 Å². The number of carbonyl (C=O) groups is 1. The van der Waals surface area contributed by atoms with E-state index in [1.807, 2.05) is 0 Å². The van der Waals surface area contributed by atoms with Crippen molar-refractivity contribution < 1.29 is 32.5 Å². The minimum absolute atomic E-state index is 0.0111. The zero-order valence-corrected chi connectivity index (χ0v) is 11.2. The van der Waals surface area contributed by atoms with E-state index in [0.717, 1.165) is 0 Å². The SMILES string of the molecule is O=C(O)C1(c2cccc(OCC(F)(F)F)c2)CCOCC1. The fraction of sp³-hybridized carbons (Fsp3) is 0.500. The Bertz CT molecular complexity index is 507. The van der Waals surface area contributed by atoms with Crippen molar-refractivity contribution in [3.8, 4) is 5.75 Å². The van der Waals surface area contributed by atoms with E-state index in [0.29, 0.717) is 18.8 Å². The molecule has 116 valence electrons. The summed E-state index contributed by atoms with van der Waals surface area (Å²) in [7, 11) is 0. The van der Waals surface area contributed by atoms with Crippen molar-refractivity contribution in [1.82, 2.24) is 0 Å². The monoisotopic (exact) mass is 304 g/mol. The standard InChI is InChI=1S/C14H15F3O4/c15-14(16,17)9-21-11-3-1-2-10(8-11)13(12(18)19)4-6-20-7-5-13/h1-3,8H,4-7,9H2,(H,18,19). The number of benzene rings is 1. The summed E-state index contributed by atoms with van der Waals surface area (Å²) in [4.78, 5) is 11.6. The van der Waals surface area contributed by atoms with E-state index in [-0.39, 0.29) is 18.6 Å². The molecule has 0 spiro atoms. The number of alkyl halides is 3. The number of carboxylic acids is 1. The van der Waals surface area contributed by atoms with Crippen molar-refractivity contribution in [2.45, 2.75) is 24.4 Å². The molecule has 1 aliphatic rings. The maximum atomic E-state index is 12.2. The molecule has 1 aliphatic heterocycles. The Hall–Kier alpha value is -1.76. The average Bonchev–Trinajstić information content (AvgIpc) is 2.45. The second-order valence-electron chi connectivity index (χ2n) is 4.93. The van der Waals surface area contributed by atoms with Crippen LogP contribution in [0.3, 0.4) is 0 Å². The summed E-state index contributed by atoms with van der Waals surface area (Å²) in [6.45, 7) is -0.792. The summed E-state index contributed by atoms with van der Waals surface area (Å²) >= 11 is 0. The normalized spacial score (nSPS) is 18.2. The first kappa shape index (κ1) is 15.6. The lowest BCUT2D eigenvalue weighted by atomic mass is 9.74. The molecule has 0 unspecified atom stereocenters. The van der Waals surface area contributed by atoms with E-state index < -0.39 is 24.2 Å². The molecule has 0 amide bonds. The smallest absolute Gasteiger partial charge is 0.422 e. The first-order chi connectivity index (χ1) is 9.83. The summed E-state index contributed by atoms with van der Waals surface area (Å²) in [5, 5.41) is 9.52. The van der Waals surface area contributed by atoms with Crippen molar-refractivity contribution in [2.24, 2.45) is 0 Å². The third kappa shape index (κ3) is 3.66. The molecular formula is C14H15F3O4. The van der Waals surface area contributed by atoms with Crippen LogP contribution < -0.4 is 4.74 Å². The van der Waals surface area contributed by atoms with Gasteiger partial charge in [0.15, 0.2) is 6.61 Å². The number of carboxylic acid groups (broad SMARTS) is 1. The number of aliphatic carboxylic acids is 1. The highest BCUT2D eigenvalue weighted by Gasteiger charge is 2.42. The molecule has 0 aliphatic carbocycles. The molecule has 1 aromatic carbocycles. The first-order valence-electron chi connectivity index (χ1n) is 6.45. The van der Waals surface area contributed by atoms with E-state index in [1.54, 1.807) is 6.07 Å². The van der Waals surface area contributed by atoms with Gasteiger partial charge in [0.25, 0.3) is 0 Å². The van der Waals surface area contributed by atoms with Crippen LogP contribution in [0.15, 0.2) is 24.3 Å². The Kier molecular flexibility index (Phi) is 4.41. The van der Waals surface area contributed by atoms with Gasteiger partial charge in [-0.1, -0.05) is 12.1 Å². The zero-order chi connectivity index (χ0) is 15.5. The molecular weight excluding hydrogens is 289 g/mol. The first-order valence-corrected chi connectivity index (χ1v) is 6.45. The molecule has 4 nitrogen and oxygen atoms in total. The largest absolute Gasteiger partial charge is 0.484 e. The van der Waals surface area contributed by atoms with Crippen molar-refractivity contribution in [2.75, 3.05) is 19.8 Å². The van der Waals surface area contributed by atoms with Crippen LogP contribution in [-0.4, -0.2) is 37.1 Å². The Morgan fingerprint density at radius 1 is 1.33 bits per heavy atom. The Morgan fingerprint density at radius 3 is 2.57 bits per heavy atom. The van der Waals surface area contributed by atoms with Gasteiger partial charge in [-0.15, -0.1) is 0 Å². The molecule has 0 saturated carbocycles. The second-order valence-corrected chi connectivity index (χ2v) is 4.93. The quantitative estimate of drug-likeness (QED) is 0.929. The van der Waals surface area contributed by atoms with Crippen molar-refractivity contribution in [3.05, 3.63) is 29.8 Å². The minimum atomic E-state index is -4.43. The highest BCUT2D eigenvalue weighted by Crippen LogP contribution is 2.36. The second kappa shape index (κ2) is 5.93. The summed E-state index contributed by atoms with van der Waals surface area (Å²) in [5.41, 5.74) is -0.687. The zero-order valence-electron chi connectivity index (χ0n) is 11.2. The van der Waals surface area contributed by atoms with Gasteiger partial charge < -0.3 is 14.6 Å². The number of rotatable bonds is 4. The van der Waals surface area contributed by atoms with Crippen LogP contribution in [-0.2, 0) is 14.9 Å². The molecule has 1 heterocycles. The molecule has 1 aromatic rings. The third-order valence-corrected chi connectivity index (χ3v) is 3.54. The molecule has 0 bridgehead atoms. The van der Waals surface area contributed by atoms with Gasteiger partial charge in [0, 0.05) is 13.2 Å². The van der Waals surface area contributed by atoms with Crippen molar-refractivity contribution >= 4 is 5.97 Å². The lowest BCUT2D eigenvalue weighted by Gasteiger charge is -2.33. The summed E-state index contributed by atoms with van der Waals surface area (Å²) in [5.74, 6) is -0.990. The summed E-state index contributed by atoms with van der Waals surface area (Å²) in [6.07, 6.45) is -3.87. The fourth-order valence-electron chi connectivity index (χ4n) is 2.39. The van der Waals surface area contributed by atoms with Crippen LogP contribution in [0, 0.1) is 0 Å². The molecule has 21 heavy (non-hydrogen) atoms. The molecule has 1 saturated heterocycles. The van der Waals surface area contributed by atoms with Crippen LogP contribution in [0.25, 0.3) is 0 Å². The van der Waals surface area contributed by atoms with E-state index in [9.17, 15) is 23.1 Å². The third-order valence-electron chi connectivity index (χ3n) is 3.54. The van der Waals surface area contributed by atoms with Crippen LogP contribution in [0.5, 0.6) is 5.75 Å². The predicted molar refractivity (Wildman–Crippen MR) is 67.4 cm³/mol. The van der Waals surface area contributed by atoms with Crippen LogP contribution >= 0.6 is 0 Å². The molecule has 1 fully saturated rings. The molecule has 0 aromatic heterocycles. The van der Waals surface area contributed by atoms with Gasteiger partial charge in [0.05, 0.1) is 5.41 Å². The molecule has 0 radical (unpaired) electrons. The maximum absolute atomic E-state index is 12.2. The van der Waals surface area contributed by atoms with E-state index in [2.05, 4.69) is 4.74 Å². The van der Waals surface area contributed by atoms with Gasteiger partial charge in [0.2, 0.25) is 0 Å². The van der Waals surface area contributed by atoms with Crippen molar-refractivity contribution in [3.63, 3.8) is 0 Å². The lowest BCUT2D eigenvalue weighted by Crippen LogP contribution is -2.41. The summed E-state index contributed by atoms with van der Waals surface area (Å²) < 4.78 is 46.3. The lowest BCUT2D eigenvalue weighted by molar-refractivity contribution is -0.153. The number of halogens is 3. The number of ether oxygens (including phenoxy) is 2. The van der Waals surface area contributed by atoms with Gasteiger partial charge in [-0.2, -0.15) is 13.2 Å². The van der Waals surface area contributed by atoms with E-state index in [1.165, 1.54) is 18.2 Å². The molecule has 2 rings (SSSR count). The topological polar surface area (TPSA) is 55.8 Å². The van der Waals surface area contributed by atoms with Gasteiger partial charge in [0.1, 0.15) is 5.75 Å². The molecule has 1 N–H and O–H groups in total. The number of hydrogen-bond donors (Lipinski definition) is 1. The Labute approximate surface area is 119 Å². The Balaban J connectivity index is 2.24. The fourth-order valence-corrected chi connectivity index (χ4v) is 2.39. The van der Waals surface area contributed by atoms with Crippen LogP contribution in [0.2, 0.25) is 0 Å². The van der Waals surface area contributed by atoms with Crippen LogP contribution in [0.1, 0.15) is 18.4 Å². The van der Waals surface area contributed by atoms with Gasteiger partial charge in [-0.05, 0) is 30.5 Å². The van der Waals surface area contributed by atoms with Gasteiger partial charge >= 0.3 is 12.1 Å². The predicted octanol–water partition coefficient (Wildman–Crippen LogP) is 2.76. The maximum Gasteiger partial charge on any atom is 0.422 e. The molecule has 0 atom stereocenters. The van der Waals surface area contributed by atoms with Gasteiger partial charge in [-0.25, -0.2) is 0 Å². The van der Waals surface area contributed by atoms with Crippen LogP contribution in [0.4, 0.5) is 13.2 Å². The highest BCUT2D eigenvalue weighted by atomic mass is 19.4. The average molecular weight is 304 g/mol. The minimum Gasteiger partial charge on any atom is -0.484 e. The van der Waals surface area contributed by atoms with E-state index >= 15 is 0 Å². The highest BCUT2D eigenvalue weighted by molar-refractivity contribution is 5.81. The summed E-state index contributed by atoms with van der Waals surface area (Å²) in [6, 6.07) is 5.84. The molecule has 7 heteroatoms. The Morgan fingerprint density at radius 2 is 2.00 bits per heavy atom. The van der Waals surface area contributed by atoms with Crippen molar-refractivity contribution in [1.29, 1.82) is 0 Å². The number of hydrogen-bond acceptors (Lipinski definition) is 3.